The number of hydrogen-bond acceptors (Lipinski definition) is 4. The first kappa shape index (κ1) is 19.8. The molecule has 0 saturated heterocycles. The molecule has 0 spiro atoms. The maximum Gasteiger partial charge on any atom is 0.272 e. The van der Waals surface area contributed by atoms with Gasteiger partial charge in [0.05, 0.1) is 26.7 Å². The number of terminal acetylenes is 1. The normalized spacial score (nSPS) is 11.8. The summed E-state index contributed by atoms with van der Waals surface area (Å²) in [7, 11) is 0. The van der Waals surface area contributed by atoms with Crippen molar-refractivity contribution < 1.29 is 9.72 Å². The third kappa shape index (κ3) is 4.31. The van der Waals surface area contributed by atoms with Crippen LogP contribution >= 0.6 is 34.5 Å². The highest BCUT2D eigenvalue weighted by atomic mass is 35.5. The summed E-state index contributed by atoms with van der Waals surface area (Å²) < 4.78 is 2.42. The third-order valence-electron chi connectivity index (χ3n) is 3.65. The van der Waals surface area contributed by atoms with Crippen molar-refractivity contribution in [2.45, 2.75) is 6.54 Å². The van der Waals surface area contributed by atoms with Crippen molar-refractivity contribution in [3.8, 4) is 12.3 Å². The molecule has 140 valence electrons. The summed E-state index contributed by atoms with van der Waals surface area (Å²) in [5.41, 5.74) is 1.11. The molecule has 0 aliphatic rings. The number of nitro benzene ring substituents is 1. The number of hydrogen-bond donors (Lipinski definition) is 0. The van der Waals surface area contributed by atoms with Gasteiger partial charge >= 0.3 is 0 Å². The molecule has 6 nitrogen and oxygen atoms in total. The van der Waals surface area contributed by atoms with Gasteiger partial charge < -0.3 is 4.57 Å². The number of carbonyl (C=O) groups is 1. The highest BCUT2D eigenvalue weighted by Gasteiger charge is 2.11. The molecule has 0 N–H and O–H groups in total. The molecule has 0 aliphatic heterocycles. The third-order valence-corrected chi connectivity index (χ3v) is 5.18. The van der Waals surface area contributed by atoms with Gasteiger partial charge in [-0.25, -0.2) is 0 Å². The fourth-order valence-electron chi connectivity index (χ4n) is 2.49. The molecular weight excluding hydrogens is 421 g/mol. The number of nitro groups is 1. The van der Waals surface area contributed by atoms with Gasteiger partial charge in [0.25, 0.3) is 11.6 Å². The van der Waals surface area contributed by atoms with E-state index in [-0.39, 0.29) is 12.2 Å². The second-order valence-electron chi connectivity index (χ2n) is 5.54. The zero-order valence-electron chi connectivity index (χ0n) is 14.1. The molecule has 0 unspecified atom stereocenters. The molecule has 28 heavy (non-hydrogen) atoms. The van der Waals surface area contributed by atoms with E-state index in [0.717, 1.165) is 4.70 Å². The van der Waals surface area contributed by atoms with E-state index in [2.05, 4.69) is 10.9 Å². The first-order valence-corrected chi connectivity index (χ1v) is 9.39. The van der Waals surface area contributed by atoms with E-state index in [1.807, 2.05) is 0 Å². The summed E-state index contributed by atoms with van der Waals surface area (Å²) >= 11 is 13.5. The molecule has 0 saturated carbocycles. The fourth-order valence-corrected chi connectivity index (χ4v) is 4.31. The average Bonchev–Trinajstić information content (AvgIpc) is 2.97. The second kappa shape index (κ2) is 8.40. The lowest BCUT2D eigenvalue weighted by molar-refractivity contribution is -0.384. The van der Waals surface area contributed by atoms with Crippen LogP contribution in [0.15, 0.2) is 47.5 Å². The zero-order chi connectivity index (χ0) is 20.3. The van der Waals surface area contributed by atoms with Crippen molar-refractivity contribution in [1.29, 1.82) is 0 Å². The van der Waals surface area contributed by atoms with E-state index in [1.165, 1.54) is 41.7 Å². The van der Waals surface area contributed by atoms with Crippen molar-refractivity contribution in [3.05, 3.63) is 73.0 Å². The lowest BCUT2D eigenvalue weighted by Crippen LogP contribution is -2.16. The number of carbonyl (C=O) groups excluding carboxylic acids is 1. The standard InChI is InChI=1S/C19H11Cl2N3O3S/c1-2-8-23-18-15(21)10-13(20)11-16(18)28-19(23)22-17(25)7-6-12-4-3-5-14(9-12)24(26)27/h1,3-7,9-11H,8H2/b7-6+,22-19?. The maximum atomic E-state index is 12.3. The van der Waals surface area contributed by atoms with Crippen molar-refractivity contribution in [2.75, 3.05) is 0 Å². The first-order chi connectivity index (χ1) is 13.4. The Labute approximate surface area is 173 Å². The Morgan fingerprint density at radius 1 is 1.36 bits per heavy atom. The van der Waals surface area contributed by atoms with Crippen molar-refractivity contribution in [1.82, 2.24) is 4.57 Å². The lowest BCUT2D eigenvalue weighted by Gasteiger charge is -2.02. The predicted molar refractivity (Wildman–Crippen MR) is 111 cm³/mol. The summed E-state index contributed by atoms with van der Waals surface area (Å²) in [5, 5.41) is 11.7. The van der Waals surface area contributed by atoms with E-state index in [9.17, 15) is 14.9 Å². The van der Waals surface area contributed by atoms with Gasteiger partial charge in [-0.3, -0.25) is 14.9 Å². The molecule has 9 heteroatoms. The van der Waals surface area contributed by atoms with Crippen LogP contribution in [0.1, 0.15) is 5.56 Å². The Kier molecular flexibility index (Phi) is 5.95. The summed E-state index contributed by atoms with van der Waals surface area (Å²) in [5.74, 6) is 1.98. The highest BCUT2D eigenvalue weighted by Crippen LogP contribution is 2.29. The Morgan fingerprint density at radius 2 is 2.14 bits per heavy atom. The van der Waals surface area contributed by atoms with Crippen LogP contribution in [0.4, 0.5) is 5.69 Å². The Hall–Kier alpha value is -2.92. The molecule has 1 heterocycles. The summed E-state index contributed by atoms with van der Waals surface area (Å²) in [6.45, 7) is 0.183. The van der Waals surface area contributed by atoms with Crippen molar-refractivity contribution >= 4 is 62.4 Å². The van der Waals surface area contributed by atoms with Gasteiger partial charge in [-0.15, -0.1) is 6.42 Å². The molecule has 1 aromatic heterocycles. The van der Waals surface area contributed by atoms with Crippen LogP contribution in [-0.2, 0) is 11.3 Å². The topological polar surface area (TPSA) is 77.5 Å². The van der Waals surface area contributed by atoms with Gasteiger partial charge in [0.15, 0.2) is 4.80 Å². The number of halogens is 2. The van der Waals surface area contributed by atoms with Crippen LogP contribution < -0.4 is 4.80 Å². The number of aromatic nitrogens is 1. The molecule has 0 atom stereocenters. The fraction of sp³-hybridized carbons (Fsp3) is 0.0526. The van der Waals surface area contributed by atoms with Crippen LogP contribution in [-0.4, -0.2) is 15.4 Å². The minimum absolute atomic E-state index is 0.0607. The number of rotatable bonds is 4. The first-order valence-electron chi connectivity index (χ1n) is 7.82. The minimum atomic E-state index is -0.536. The number of thiazole rings is 1. The Morgan fingerprint density at radius 3 is 2.86 bits per heavy atom. The number of benzene rings is 2. The maximum absolute atomic E-state index is 12.3. The second-order valence-corrected chi connectivity index (χ2v) is 7.40. The van der Waals surface area contributed by atoms with Crippen molar-refractivity contribution in [2.24, 2.45) is 4.99 Å². The number of amides is 1. The Bertz CT molecular complexity index is 1240. The van der Waals surface area contributed by atoms with Crippen LogP contribution in [0.2, 0.25) is 10.0 Å². The molecular formula is C19H11Cl2N3O3S. The average molecular weight is 432 g/mol. The van der Waals surface area contributed by atoms with Gasteiger partial charge in [-0.1, -0.05) is 52.6 Å². The molecule has 3 rings (SSSR count). The largest absolute Gasteiger partial charge is 0.303 e. The van der Waals surface area contributed by atoms with E-state index in [0.29, 0.717) is 25.9 Å². The summed E-state index contributed by atoms with van der Waals surface area (Å²) in [6.07, 6.45) is 8.13. The van der Waals surface area contributed by atoms with Crippen LogP contribution in [0, 0.1) is 22.5 Å². The van der Waals surface area contributed by atoms with E-state index >= 15 is 0 Å². The monoisotopic (exact) mass is 431 g/mol. The van der Waals surface area contributed by atoms with Crippen LogP contribution in [0.25, 0.3) is 16.3 Å². The predicted octanol–water partition coefficient (Wildman–Crippen LogP) is 4.69. The number of nitrogens with zero attached hydrogens (tertiary/aromatic N) is 3. The van der Waals surface area contributed by atoms with Gasteiger partial charge in [-0.2, -0.15) is 4.99 Å². The van der Waals surface area contributed by atoms with Gasteiger partial charge in [0.1, 0.15) is 0 Å². The van der Waals surface area contributed by atoms with Gasteiger partial charge in [0.2, 0.25) is 0 Å². The lowest BCUT2D eigenvalue weighted by atomic mass is 10.2. The Balaban J connectivity index is 2.00. The molecule has 0 fully saturated rings. The number of non-ortho nitro benzene ring substituents is 1. The highest BCUT2D eigenvalue weighted by molar-refractivity contribution is 7.16. The zero-order valence-corrected chi connectivity index (χ0v) is 16.5. The number of fused-ring (bicyclic) bond motifs is 1. The van der Waals surface area contributed by atoms with Gasteiger partial charge in [-0.05, 0) is 23.8 Å². The van der Waals surface area contributed by atoms with E-state index < -0.39 is 10.8 Å². The molecule has 0 aliphatic carbocycles. The van der Waals surface area contributed by atoms with E-state index in [1.54, 1.807) is 22.8 Å². The smallest absolute Gasteiger partial charge is 0.272 e. The molecule has 0 radical (unpaired) electrons. The SMILES string of the molecule is C#CCn1c(=NC(=O)/C=C/c2cccc([N+](=O)[O-])c2)sc2cc(Cl)cc(Cl)c21. The van der Waals surface area contributed by atoms with Crippen molar-refractivity contribution in [3.63, 3.8) is 0 Å². The van der Waals surface area contributed by atoms with Crippen LogP contribution in [0.3, 0.4) is 0 Å². The summed E-state index contributed by atoms with van der Waals surface area (Å²) in [6, 6.07) is 9.25. The molecule has 0 bridgehead atoms. The quantitative estimate of drug-likeness (QED) is 0.260. The minimum Gasteiger partial charge on any atom is -0.303 e. The van der Waals surface area contributed by atoms with E-state index in [4.69, 9.17) is 29.6 Å². The van der Waals surface area contributed by atoms with Gasteiger partial charge in [0, 0.05) is 23.2 Å². The molecule has 1 amide bonds. The molecule has 3 aromatic rings. The summed E-state index contributed by atoms with van der Waals surface area (Å²) in [4.78, 5) is 27.1. The van der Waals surface area contributed by atoms with Crippen LogP contribution in [0.5, 0.6) is 0 Å². The molecule has 2 aromatic carbocycles.